The van der Waals surface area contributed by atoms with E-state index in [1.807, 2.05) is 11.9 Å². The summed E-state index contributed by atoms with van der Waals surface area (Å²) in [4.78, 5) is 25.4. The van der Waals surface area contributed by atoms with Crippen molar-refractivity contribution in [2.24, 2.45) is 0 Å². The standard InChI is InChI=1S/C18H22FN3O2.C2HF3O2/c1-21-10-9-16(12-21)22(2)17(23)8-5-14-11-20-24-18(14)13-3-6-15(19)7-4-13;3-2(4,5)1(6)7/h3-4,6-7,11,16H,5,8-10,12H2,1-2H3;(H,6,7). The zero-order chi connectivity index (χ0) is 23.2. The fourth-order valence-electron chi connectivity index (χ4n) is 3.13. The normalized spacial score (nSPS) is 16.5. The zero-order valence-corrected chi connectivity index (χ0v) is 17.0. The summed E-state index contributed by atoms with van der Waals surface area (Å²) in [6, 6.07) is 6.37. The van der Waals surface area contributed by atoms with Crippen molar-refractivity contribution in [3.8, 4) is 11.3 Å². The number of alkyl halides is 3. The summed E-state index contributed by atoms with van der Waals surface area (Å²) in [5.41, 5.74) is 1.63. The molecule has 0 aliphatic carbocycles. The quantitative estimate of drug-likeness (QED) is 0.712. The number of nitrogens with zero attached hydrogens (tertiary/aromatic N) is 3. The Bertz CT molecular complexity index is 883. The van der Waals surface area contributed by atoms with E-state index >= 15 is 0 Å². The van der Waals surface area contributed by atoms with Gasteiger partial charge in [-0.25, -0.2) is 9.18 Å². The van der Waals surface area contributed by atoms with Gasteiger partial charge in [-0.15, -0.1) is 0 Å². The van der Waals surface area contributed by atoms with Crippen LogP contribution in [0.2, 0.25) is 0 Å². The molecule has 1 aromatic heterocycles. The minimum Gasteiger partial charge on any atom is -0.475 e. The Morgan fingerprint density at radius 1 is 1.29 bits per heavy atom. The summed E-state index contributed by atoms with van der Waals surface area (Å²) < 4.78 is 50.1. The average molecular weight is 445 g/mol. The van der Waals surface area contributed by atoms with Crippen LogP contribution < -0.4 is 0 Å². The number of carbonyl (C=O) groups excluding carboxylic acids is 1. The Labute approximate surface area is 176 Å². The maximum Gasteiger partial charge on any atom is 0.490 e. The van der Waals surface area contributed by atoms with Gasteiger partial charge in [0.25, 0.3) is 0 Å². The third-order valence-corrected chi connectivity index (χ3v) is 4.91. The van der Waals surface area contributed by atoms with E-state index in [4.69, 9.17) is 14.4 Å². The molecule has 31 heavy (non-hydrogen) atoms. The molecule has 1 aromatic carbocycles. The van der Waals surface area contributed by atoms with Crippen molar-refractivity contribution in [2.75, 3.05) is 27.2 Å². The number of rotatable bonds is 5. The van der Waals surface area contributed by atoms with Crippen LogP contribution in [-0.4, -0.2) is 71.3 Å². The molecule has 1 N–H and O–H groups in total. The van der Waals surface area contributed by atoms with Gasteiger partial charge in [-0.3, -0.25) is 4.79 Å². The van der Waals surface area contributed by atoms with Crippen LogP contribution in [0, 0.1) is 5.82 Å². The van der Waals surface area contributed by atoms with Gasteiger partial charge in [0.15, 0.2) is 5.76 Å². The first kappa shape index (κ1) is 24.3. The largest absolute Gasteiger partial charge is 0.490 e. The first-order valence-corrected chi connectivity index (χ1v) is 9.43. The van der Waals surface area contributed by atoms with Gasteiger partial charge in [0.1, 0.15) is 5.82 Å². The molecule has 170 valence electrons. The molecule has 2 heterocycles. The molecule has 1 aliphatic rings. The number of likely N-dealkylation sites (N-methyl/N-ethyl adjacent to an activating group) is 2. The highest BCUT2D eigenvalue weighted by Gasteiger charge is 2.38. The predicted octanol–water partition coefficient (Wildman–Crippen LogP) is 3.21. The summed E-state index contributed by atoms with van der Waals surface area (Å²) in [7, 11) is 3.95. The number of benzene rings is 1. The van der Waals surface area contributed by atoms with Gasteiger partial charge >= 0.3 is 12.1 Å². The van der Waals surface area contributed by atoms with Gasteiger partial charge in [-0.1, -0.05) is 5.16 Å². The van der Waals surface area contributed by atoms with Crippen molar-refractivity contribution in [3.63, 3.8) is 0 Å². The van der Waals surface area contributed by atoms with Crippen LogP contribution in [0.25, 0.3) is 11.3 Å². The van der Waals surface area contributed by atoms with Crippen molar-refractivity contribution < 1.29 is 36.8 Å². The summed E-state index contributed by atoms with van der Waals surface area (Å²) in [5.74, 6) is -2.32. The molecule has 0 bridgehead atoms. The number of hydrogen-bond acceptors (Lipinski definition) is 5. The molecule has 1 unspecified atom stereocenters. The topological polar surface area (TPSA) is 86.9 Å². The van der Waals surface area contributed by atoms with Crippen LogP contribution in [0.3, 0.4) is 0 Å². The van der Waals surface area contributed by atoms with Crippen molar-refractivity contribution in [1.29, 1.82) is 0 Å². The molecule has 1 fully saturated rings. The second-order valence-electron chi connectivity index (χ2n) is 7.20. The second-order valence-corrected chi connectivity index (χ2v) is 7.20. The van der Waals surface area contributed by atoms with E-state index in [1.54, 1.807) is 18.3 Å². The van der Waals surface area contributed by atoms with E-state index in [9.17, 15) is 22.4 Å². The molecule has 1 atom stereocenters. The number of hydrogen-bond donors (Lipinski definition) is 1. The number of carboxylic acid groups (broad SMARTS) is 1. The van der Waals surface area contributed by atoms with Crippen molar-refractivity contribution in [2.45, 2.75) is 31.5 Å². The lowest BCUT2D eigenvalue weighted by Crippen LogP contribution is -2.38. The van der Waals surface area contributed by atoms with Crippen molar-refractivity contribution in [3.05, 3.63) is 41.8 Å². The number of halogens is 4. The molecule has 0 spiro atoms. The van der Waals surface area contributed by atoms with Gasteiger partial charge in [0, 0.05) is 37.2 Å². The minimum absolute atomic E-state index is 0.126. The number of carbonyl (C=O) groups is 2. The van der Waals surface area contributed by atoms with E-state index in [0.29, 0.717) is 24.6 Å². The molecule has 0 saturated carbocycles. The van der Waals surface area contributed by atoms with Gasteiger partial charge in [-0.2, -0.15) is 13.2 Å². The highest BCUT2D eigenvalue weighted by Crippen LogP contribution is 2.25. The molecule has 3 rings (SSSR count). The van der Waals surface area contributed by atoms with Crippen LogP contribution in [-0.2, 0) is 16.0 Å². The monoisotopic (exact) mass is 445 g/mol. The minimum atomic E-state index is -5.08. The molecule has 2 aromatic rings. The molecular formula is C20H23F4N3O4. The Kier molecular flexibility index (Phi) is 8.14. The van der Waals surface area contributed by atoms with E-state index in [2.05, 4.69) is 17.1 Å². The maximum absolute atomic E-state index is 13.0. The fraction of sp³-hybridized carbons (Fsp3) is 0.450. The third kappa shape index (κ3) is 7.06. The van der Waals surface area contributed by atoms with E-state index in [0.717, 1.165) is 30.6 Å². The number of amides is 1. The first-order chi connectivity index (χ1) is 14.5. The van der Waals surface area contributed by atoms with Crippen LogP contribution in [0.4, 0.5) is 17.6 Å². The molecule has 11 heteroatoms. The second kappa shape index (κ2) is 10.4. The summed E-state index contributed by atoms with van der Waals surface area (Å²) in [6.07, 6.45) is -1.46. The first-order valence-electron chi connectivity index (χ1n) is 9.43. The third-order valence-electron chi connectivity index (χ3n) is 4.91. The number of carboxylic acids is 1. The fourth-order valence-corrected chi connectivity index (χ4v) is 3.13. The Balaban J connectivity index is 0.000000423. The average Bonchev–Trinajstić information content (AvgIpc) is 3.35. The maximum atomic E-state index is 13.0. The molecule has 1 aliphatic heterocycles. The van der Waals surface area contributed by atoms with Gasteiger partial charge < -0.3 is 19.4 Å². The Morgan fingerprint density at radius 3 is 2.42 bits per heavy atom. The van der Waals surface area contributed by atoms with Crippen LogP contribution in [0.15, 0.2) is 35.0 Å². The Morgan fingerprint density at radius 2 is 1.90 bits per heavy atom. The van der Waals surface area contributed by atoms with E-state index in [1.165, 1.54) is 12.1 Å². The van der Waals surface area contributed by atoms with Crippen LogP contribution in [0.5, 0.6) is 0 Å². The van der Waals surface area contributed by atoms with Gasteiger partial charge in [-0.05, 0) is 50.7 Å². The Hall–Kier alpha value is -2.95. The molecular weight excluding hydrogens is 422 g/mol. The molecule has 1 saturated heterocycles. The number of aryl methyl sites for hydroxylation is 1. The SMILES string of the molecule is CN1CCC(N(C)C(=O)CCc2cnoc2-c2ccc(F)cc2)C1.O=C(O)C(F)(F)F. The smallest absolute Gasteiger partial charge is 0.475 e. The molecule has 0 radical (unpaired) electrons. The summed E-state index contributed by atoms with van der Waals surface area (Å²) in [6.45, 7) is 1.96. The lowest BCUT2D eigenvalue weighted by molar-refractivity contribution is -0.192. The highest BCUT2D eigenvalue weighted by molar-refractivity contribution is 5.77. The molecule has 1 amide bonds. The lowest BCUT2D eigenvalue weighted by Gasteiger charge is -2.24. The molecule has 7 nitrogen and oxygen atoms in total. The number of aliphatic carboxylic acids is 1. The van der Waals surface area contributed by atoms with Crippen LogP contribution in [0.1, 0.15) is 18.4 Å². The van der Waals surface area contributed by atoms with Gasteiger partial charge in [0.2, 0.25) is 5.91 Å². The van der Waals surface area contributed by atoms with Crippen molar-refractivity contribution >= 4 is 11.9 Å². The zero-order valence-electron chi connectivity index (χ0n) is 17.0. The summed E-state index contributed by atoms with van der Waals surface area (Å²) in [5, 5.41) is 11.0. The summed E-state index contributed by atoms with van der Waals surface area (Å²) >= 11 is 0. The van der Waals surface area contributed by atoms with E-state index in [-0.39, 0.29) is 11.7 Å². The highest BCUT2D eigenvalue weighted by atomic mass is 19.4. The number of likely N-dealkylation sites (tertiary alicyclic amines) is 1. The van der Waals surface area contributed by atoms with E-state index < -0.39 is 12.1 Å². The number of aromatic nitrogens is 1. The lowest BCUT2D eigenvalue weighted by atomic mass is 10.0. The van der Waals surface area contributed by atoms with Crippen molar-refractivity contribution in [1.82, 2.24) is 15.0 Å². The van der Waals surface area contributed by atoms with Gasteiger partial charge in [0.05, 0.1) is 6.20 Å². The van der Waals surface area contributed by atoms with Crippen LogP contribution >= 0.6 is 0 Å². The predicted molar refractivity (Wildman–Crippen MR) is 103 cm³/mol.